The second kappa shape index (κ2) is 8.58. The van der Waals surface area contributed by atoms with Crippen molar-refractivity contribution in [2.45, 2.75) is 25.7 Å². The number of hydrogen-bond acceptors (Lipinski definition) is 11. The van der Waals surface area contributed by atoms with Gasteiger partial charge in [0.15, 0.2) is 0 Å². The lowest BCUT2D eigenvalue weighted by Crippen LogP contribution is -2.33. The van der Waals surface area contributed by atoms with Crippen LogP contribution in [0, 0.1) is 0 Å². The van der Waals surface area contributed by atoms with E-state index in [1.54, 1.807) is 0 Å². The molecule has 25 heavy (non-hydrogen) atoms. The fraction of sp³-hybridized carbons (Fsp3) is 0.500. The lowest BCUT2D eigenvalue weighted by atomic mass is 10.4. The molecule has 0 radical (unpaired) electrons. The van der Waals surface area contributed by atoms with Gasteiger partial charge in [0.25, 0.3) is 23.6 Å². The Morgan fingerprint density at radius 1 is 0.680 bits per heavy atom. The van der Waals surface area contributed by atoms with Gasteiger partial charge in [0, 0.05) is 25.7 Å². The second-order valence-corrected chi connectivity index (χ2v) is 4.54. The molecule has 2 heterocycles. The average molecular weight is 361 g/mol. The number of ether oxygens (including phenoxy) is 2. The molecule has 0 aromatic carbocycles. The van der Waals surface area contributed by atoms with E-state index in [0.717, 1.165) is 0 Å². The van der Waals surface area contributed by atoms with Crippen molar-refractivity contribution in [2.75, 3.05) is 13.2 Å². The van der Waals surface area contributed by atoms with E-state index >= 15 is 0 Å². The first-order valence-corrected chi connectivity index (χ1v) is 6.79. The van der Waals surface area contributed by atoms with Crippen LogP contribution in [0.3, 0.4) is 0 Å². The standard InChI is InChI=1S/C12H12N2O10.H3N/c15-7-1-2-8(16)13(7)23-11(19)21-5-6-22-12(20)24-14-9(17)3-4-10(14)18;/h1-6H2;1H3. The van der Waals surface area contributed by atoms with Crippen molar-refractivity contribution < 1.29 is 47.9 Å². The Labute approximate surface area is 140 Å². The van der Waals surface area contributed by atoms with E-state index < -0.39 is 49.2 Å². The van der Waals surface area contributed by atoms with Crippen LogP contribution in [0.4, 0.5) is 9.59 Å². The number of rotatable bonds is 5. The van der Waals surface area contributed by atoms with Crippen molar-refractivity contribution in [2.24, 2.45) is 0 Å². The summed E-state index contributed by atoms with van der Waals surface area (Å²) >= 11 is 0. The van der Waals surface area contributed by atoms with Crippen LogP contribution < -0.4 is 6.15 Å². The molecule has 0 aromatic rings. The van der Waals surface area contributed by atoms with Gasteiger partial charge in [-0.3, -0.25) is 28.9 Å². The van der Waals surface area contributed by atoms with E-state index in [1.807, 2.05) is 0 Å². The molecule has 2 fully saturated rings. The molecule has 0 aromatic heterocycles. The molecule has 0 saturated carbocycles. The highest BCUT2D eigenvalue weighted by atomic mass is 16.8. The molecule has 13 nitrogen and oxygen atoms in total. The van der Waals surface area contributed by atoms with Crippen molar-refractivity contribution in [1.82, 2.24) is 16.3 Å². The molecule has 0 aliphatic carbocycles. The summed E-state index contributed by atoms with van der Waals surface area (Å²) in [7, 11) is 0. The van der Waals surface area contributed by atoms with Gasteiger partial charge in [-0.2, -0.15) is 0 Å². The molecule has 3 N–H and O–H groups in total. The molecule has 4 amide bonds. The van der Waals surface area contributed by atoms with E-state index in [1.165, 1.54) is 0 Å². The Morgan fingerprint density at radius 2 is 0.960 bits per heavy atom. The Kier molecular flexibility index (Phi) is 6.81. The van der Waals surface area contributed by atoms with Crippen LogP contribution >= 0.6 is 0 Å². The van der Waals surface area contributed by atoms with Crippen LogP contribution in [0.5, 0.6) is 0 Å². The second-order valence-electron chi connectivity index (χ2n) is 4.54. The molecule has 0 bridgehead atoms. The van der Waals surface area contributed by atoms with E-state index in [9.17, 15) is 28.8 Å². The predicted octanol–water partition coefficient (Wildman–Crippen LogP) is -0.417. The molecule has 138 valence electrons. The summed E-state index contributed by atoms with van der Waals surface area (Å²) in [6.45, 7) is -0.932. The van der Waals surface area contributed by atoms with Gasteiger partial charge >= 0.3 is 12.3 Å². The zero-order valence-electron chi connectivity index (χ0n) is 12.9. The van der Waals surface area contributed by atoms with Crippen molar-refractivity contribution in [3.05, 3.63) is 0 Å². The fourth-order valence-corrected chi connectivity index (χ4v) is 1.77. The molecule has 0 spiro atoms. The van der Waals surface area contributed by atoms with Crippen LogP contribution in [0.1, 0.15) is 25.7 Å². The minimum Gasteiger partial charge on any atom is -0.429 e. The maximum atomic E-state index is 11.2. The fourth-order valence-electron chi connectivity index (χ4n) is 1.77. The first kappa shape index (κ1) is 19.8. The number of nitrogens with zero attached hydrogens (tertiary/aromatic N) is 2. The van der Waals surface area contributed by atoms with Crippen LogP contribution in [0.15, 0.2) is 0 Å². The number of carbonyl (C=O) groups excluding carboxylic acids is 6. The maximum absolute atomic E-state index is 11.2. The molecular formula is C12H15N3O10. The zero-order chi connectivity index (χ0) is 17.7. The van der Waals surface area contributed by atoms with Crippen LogP contribution in [-0.2, 0) is 38.3 Å². The van der Waals surface area contributed by atoms with E-state index in [2.05, 4.69) is 19.1 Å². The molecule has 2 saturated heterocycles. The molecule has 0 atom stereocenters. The van der Waals surface area contributed by atoms with Crippen LogP contribution in [0.2, 0.25) is 0 Å². The molecular weight excluding hydrogens is 346 g/mol. The minimum atomic E-state index is -1.33. The van der Waals surface area contributed by atoms with Crippen molar-refractivity contribution in [3.8, 4) is 0 Å². The summed E-state index contributed by atoms with van der Waals surface area (Å²) in [4.78, 5) is 76.0. The quantitative estimate of drug-likeness (QED) is 0.381. The summed E-state index contributed by atoms with van der Waals surface area (Å²) in [5, 5.41) is 0.587. The lowest BCUT2D eigenvalue weighted by molar-refractivity contribution is -0.179. The van der Waals surface area contributed by atoms with Crippen LogP contribution in [0.25, 0.3) is 0 Å². The summed E-state index contributed by atoms with van der Waals surface area (Å²) in [6, 6.07) is 0. The monoisotopic (exact) mass is 361 g/mol. The van der Waals surface area contributed by atoms with Gasteiger partial charge in [-0.15, -0.1) is 0 Å². The zero-order valence-corrected chi connectivity index (χ0v) is 12.9. The highest BCUT2D eigenvalue weighted by Gasteiger charge is 2.34. The Balaban J connectivity index is 0.00000312. The SMILES string of the molecule is N.O=C(OCCOC(=O)ON1C(=O)CCC1=O)ON1C(=O)CCC1=O. The highest BCUT2D eigenvalue weighted by molar-refractivity contribution is 6.01. The summed E-state index contributed by atoms with van der Waals surface area (Å²) in [6.07, 6.45) is -2.91. The molecule has 0 unspecified atom stereocenters. The van der Waals surface area contributed by atoms with Crippen molar-refractivity contribution in [3.63, 3.8) is 0 Å². The summed E-state index contributed by atoms with van der Waals surface area (Å²) in [5.41, 5.74) is 0. The normalized spacial score (nSPS) is 16.6. The Hall–Kier alpha value is -3.22. The van der Waals surface area contributed by atoms with Crippen molar-refractivity contribution in [1.29, 1.82) is 0 Å². The topological polar surface area (TPSA) is 181 Å². The van der Waals surface area contributed by atoms with Gasteiger partial charge in [0.1, 0.15) is 13.2 Å². The smallest absolute Gasteiger partial charge is 0.429 e. The third-order valence-corrected chi connectivity index (χ3v) is 2.87. The minimum absolute atomic E-state index is 0. The van der Waals surface area contributed by atoms with Gasteiger partial charge in [-0.05, 0) is 0 Å². The maximum Gasteiger partial charge on any atom is 0.534 e. The number of carbonyl (C=O) groups is 6. The highest BCUT2D eigenvalue weighted by Crippen LogP contribution is 2.13. The number of amides is 4. The van der Waals surface area contributed by atoms with Crippen LogP contribution in [-0.4, -0.2) is 59.3 Å². The number of hydroxylamine groups is 4. The largest absolute Gasteiger partial charge is 0.534 e. The van der Waals surface area contributed by atoms with E-state index in [-0.39, 0.29) is 31.8 Å². The van der Waals surface area contributed by atoms with Gasteiger partial charge in [0.05, 0.1) is 0 Å². The number of hydrogen-bond donors (Lipinski definition) is 1. The third kappa shape index (κ3) is 5.13. The van der Waals surface area contributed by atoms with Crippen molar-refractivity contribution >= 4 is 35.9 Å². The average Bonchev–Trinajstić information content (AvgIpc) is 3.01. The molecule has 2 aliphatic rings. The predicted molar refractivity (Wildman–Crippen MR) is 72.1 cm³/mol. The number of imide groups is 2. The molecule has 2 aliphatic heterocycles. The Morgan fingerprint density at radius 3 is 1.24 bits per heavy atom. The van der Waals surface area contributed by atoms with E-state index in [4.69, 9.17) is 0 Å². The van der Waals surface area contributed by atoms with Gasteiger partial charge in [0.2, 0.25) is 0 Å². The van der Waals surface area contributed by atoms with Gasteiger partial charge < -0.3 is 15.6 Å². The molecule has 2 rings (SSSR count). The van der Waals surface area contributed by atoms with Gasteiger partial charge in [-0.25, -0.2) is 9.59 Å². The third-order valence-electron chi connectivity index (χ3n) is 2.87. The van der Waals surface area contributed by atoms with Gasteiger partial charge in [-0.1, -0.05) is 10.1 Å². The first-order valence-electron chi connectivity index (χ1n) is 6.79. The van der Waals surface area contributed by atoms with E-state index in [0.29, 0.717) is 10.1 Å². The lowest BCUT2D eigenvalue weighted by Gasteiger charge is -2.13. The Bertz CT molecular complexity index is 520. The first-order chi connectivity index (χ1) is 11.4. The molecule has 13 heteroatoms. The summed E-state index contributed by atoms with van der Waals surface area (Å²) in [5.74, 6) is -2.68. The summed E-state index contributed by atoms with van der Waals surface area (Å²) < 4.78 is 8.95.